The lowest BCUT2D eigenvalue weighted by Crippen LogP contribution is -2.27. The van der Waals surface area contributed by atoms with E-state index in [0.717, 1.165) is 28.3 Å². The summed E-state index contributed by atoms with van der Waals surface area (Å²) in [7, 11) is 0. The third-order valence-corrected chi connectivity index (χ3v) is 8.62. The van der Waals surface area contributed by atoms with E-state index in [1.807, 2.05) is 24.3 Å². The summed E-state index contributed by atoms with van der Waals surface area (Å²) in [6.45, 7) is 20.5. The summed E-state index contributed by atoms with van der Waals surface area (Å²) in [6, 6.07) is 21.4. The van der Waals surface area contributed by atoms with Crippen molar-refractivity contribution in [3.63, 3.8) is 0 Å². The van der Waals surface area contributed by atoms with Gasteiger partial charge < -0.3 is 0 Å². The van der Waals surface area contributed by atoms with Crippen LogP contribution in [0.25, 0.3) is 11.4 Å². The highest BCUT2D eigenvalue weighted by Gasteiger charge is 2.15. The molecule has 0 aliphatic rings. The smallest absolute Gasteiger partial charge is 0.214 e. The fourth-order valence-corrected chi connectivity index (χ4v) is 6.77. The summed E-state index contributed by atoms with van der Waals surface area (Å²) in [5.41, 5.74) is 17.6. The third-order valence-electron chi connectivity index (χ3n) is 8.36. The maximum atomic E-state index is 6.29. The fourth-order valence-electron chi connectivity index (χ4n) is 6.64. The van der Waals surface area contributed by atoms with Crippen molar-refractivity contribution in [1.82, 2.24) is 9.13 Å². The summed E-state index contributed by atoms with van der Waals surface area (Å²) >= 11 is 6.29. The molecule has 4 nitrogen and oxygen atoms in total. The SMILES string of the molecule is Cc1cc(C)c(C/N=C(/CN=c2n(-c3c(C)cc(C)cc3C)ccn2-c2c(C)cc(C)cc2C)c2ccc(Cl)cc2)c(C)c1. The number of hydrogen-bond acceptors (Lipinski definition) is 2. The zero-order chi connectivity index (χ0) is 31.7. The van der Waals surface area contributed by atoms with E-state index in [-0.39, 0.29) is 0 Å². The molecule has 1 heterocycles. The summed E-state index contributed by atoms with van der Waals surface area (Å²) < 4.78 is 4.47. The molecule has 0 aliphatic heterocycles. The highest BCUT2D eigenvalue weighted by atomic mass is 35.5. The Balaban J connectivity index is 1.71. The molecule has 0 saturated carbocycles. The van der Waals surface area contributed by atoms with Crippen LogP contribution in [0.15, 0.2) is 83.0 Å². The van der Waals surface area contributed by atoms with Crippen LogP contribution in [0.1, 0.15) is 61.2 Å². The minimum Gasteiger partial charge on any atom is -0.285 e. The molecular weight excluding hydrogens is 560 g/mol. The molecule has 0 fully saturated rings. The molecule has 0 atom stereocenters. The monoisotopic (exact) mass is 602 g/mol. The van der Waals surface area contributed by atoms with Crippen LogP contribution in [-0.4, -0.2) is 21.4 Å². The van der Waals surface area contributed by atoms with E-state index in [1.165, 1.54) is 55.6 Å². The Bertz CT molecular complexity index is 1800. The molecule has 5 rings (SSSR count). The van der Waals surface area contributed by atoms with Crippen molar-refractivity contribution in [2.45, 2.75) is 68.9 Å². The second-order valence-electron chi connectivity index (χ2n) is 12.3. The Kier molecular flexibility index (Phi) is 9.12. The molecule has 1 aromatic heterocycles. The van der Waals surface area contributed by atoms with Gasteiger partial charge in [0.25, 0.3) is 0 Å². The number of benzene rings is 4. The van der Waals surface area contributed by atoms with Crippen LogP contribution in [0.3, 0.4) is 0 Å². The molecule has 44 heavy (non-hydrogen) atoms. The van der Waals surface area contributed by atoms with Crippen LogP contribution in [0.4, 0.5) is 0 Å². The maximum absolute atomic E-state index is 6.29. The zero-order valence-corrected chi connectivity index (χ0v) is 28.3. The molecule has 0 saturated heterocycles. The van der Waals surface area contributed by atoms with E-state index < -0.39 is 0 Å². The average molecular weight is 603 g/mol. The molecule has 0 amide bonds. The predicted octanol–water partition coefficient (Wildman–Crippen LogP) is 9.29. The van der Waals surface area contributed by atoms with E-state index in [4.69, 9.17) is 21.6 Å². The van der Waals surface area contributed by atoms with Gasteiger partial charge in [-0.1, -0.05) is 76.8 Å². The summed E-state index contributed by atoms with van der Waals surface area (Å²) in [4.78, 5) is 10.6. The first-order chi connectivity index (χ1) is 20.9. The van der Waals surface area contributed by atoms with Crippen molar-refractivity contribution < 1.29 is 0 Å². The Hall–Kier alpha value is -4.15. The van der Waals surface area contributed by atoms with Gasteiger partial charge in [-0.25, -0.2) is 4.99 Å². The van der Waals surface area contributed by atoms with E-state index in [2.05, 4.69) is 120 Å². The van der Waals surface area contributed by atoms with Crippen molar-refractivity contribution in [2.75, 3.05) is 6.54 Å². The standard InChI is InChI=1S/C39H43ClN4/c1-24-16-27(4)35(28(5)17-24)22-41-36(33-10-12-34(40)13-11-33)23-42-39-43(37-29(6)18-25(2)19-30(37)7)14-15-44(39)38-31(8)20-26(3)21-32(38)9/h10-21H,22-23H2,1-9H3/b41-36-. The highest BCUT2D eigenvalue weighted by molar-refractivity contribution is 6.30. The Morgan fingerprint density at radius 1 is 0.591 bits per heavy atom. The topological polar surface area (TPSA) is 34.6 Å². The number of nitrogens with zero attached hydrogens (tertiary/aromatic N) is 4. The van der Waals surface area contributed by atoms with E-state index in [1.54, 1.807) is 0 Å². The normalized spacial score (nSPS) is 11.7. The van der Waals surface area contributed by atoms with Crippen LogP contribution in [0, 0.1) is 62.3 Å². The van der Waals surface area contributed by atoms with Gasteiger partial charge in [0, 0.05) is 17.4 Å². The first-order valence-corrected chi connectivity index (χ1v) is 15.6. The third kappa shape index (κ3) is 6.51. The molecule has 4 aromatic carbocycles. The molecule has 5 aromatic rings. The Labute approximate surface area is 267 Å². The number of halogens is 1. The minimum absolute atomic E-state index is 0.420. The fraction of sp³-hybridized carbons (Fsp3) is 0.282. The maximum Gasteiger partial charge on any atom is 0.214 e. The number of aliphatic imine (C=N–C) groups is 1. The number of aryl methyl sites for hydroxylation is 9. The van der Waals surface area contributed by atoms with Gasteiger partial charge in [-0.3, -0.25) is 14.1 Å². The van der Waals surface area contributed by atoms with Gasteiger partial charge in [0.2, 0.25) is 5.62 Å². The molecule has 0 bridgehead atoms. The van der Waals surface area contributed by atoms with Gasteiger partial charge in [0.15, 0.2) is 0 Å². The lowest BCUT2D eigenvalue weighted by molar-refractivity contribution is 0.827. The van der Waals surface area contributed by atoms with Crippen molar-refractivity contribution in [2.24, 2.45) is 9.98 Å². The number of imidazole rings is 1. The molecule has 5 heteroatoms. The lowest BCUT2D eigenvalue weighted by atomic mass is 10.00. The summed E-state index contributed by atoms with van der Waals surface area (Å²) in [6.07, 6.45) is 4.28. The quantitative estimate of drug-likeness (QED) is 0.166. The van der Waals surface area contributed by atoms with Gasteiger partial charge in [-0.15, -0.1) is 0 Å². The molecule has 226 valence electrons. The first-order valence-electron chi connectivity index (χ1n) is 15.3. The molecule has 0 N–H and O–H groups in total. The van der Waals surface area contributed by atoms with Crippen molar-refractivity contribution in [3.05, 3.63) is 145 Å². The number of hydrogen-bond donors (Lipinski definition) is 0. The largest absolute Gasteiger partial charge is 0.285 e. The van der Waals surface area contributed by atoms with Crippen LogP contribution in [-0.2, 0) is 6.54 Å². The lowest BCUT2D eigenvalue weighted by Gasteiger charge is -2.16. The molecule has 0 spiro atoms. The zero-order valence-electron chi connectivity index (χ0n) is 27.5. The van der Waals surface area contributed by atoms with Crippen molar-refractivity contribution in [1.29, 1.82) is 0 Å². The van der Waals surface area contributed by atoms with Crippen LogP contribution < -0.4 is 5.62 Å². The van der Waals surface area contributed by atoms with Gasteiger partial charge in [-0.2, -0.15) is 0 Å². The first kappa shape index (κ1) is 31.3. The average Bonchev–Trinajstić information content (AvgIpc) is 3.31. The summed E-state index contributed by atoms with van der Waals surface area (Å²) in [5, 5.41) is 0.706. The summed E-state index contributed by atoms with van der Waals surface area (Å²) in [5.74, 6) is 0. The van der Waals surface area contributed by atoms with E-state index >= 15 is 0 Å². The highest BCUT2D eigenvalue weighted by Crippen LogP contribution is 2.24. The number of rotatable bonds is 7. The van der Waals surface area contributed by atoms with Crippen LogP contribution in [0.2, 0.25) is 5.02 Å². The van der Waals surface area contributed by atoms with Gasteiger partial charge >= 0.3 is 0 Å². The number of aromatic nitrogens is 2. The van der Waals surface area contributed by atoms with E-state index in [9.17, 15) is 0 Å². The van der Waals surface area contributed by atoms with Crippen LogP contribution >= 0.6 is 11.6 Å². The Morgan fingerprint density at radius 2 is 1.00 bits per heavy atom. The second kappa shape index (κ2) is 12.8. The molecule has 0 radical (unpaired) electrons. The Morgan fingerprint density at radius 3 is 1.43 bits per heavy atom. The van der Waals surface area contributed by atoms with Crippen LogP contribution in [0.5, 0.6) is 0 Å². The van der Waals surface area contributed by atoms with E-state index in [0.29, 0.717) is 18.1 Å². The molecule has 0 aliphatic carbocycles. The molecule has 0 unspecified atom stereocenters. The van der Waals surface area contributed by atoms with Gasteiger partial charge in [-0.05, 0) is 119 Å². The minimum atomic E-state index is 0.420. The van der Waals surface area contributed by atoms with Crippen molar-refractivity contribution in [3.8, 4) is 11.4 Å². The van der Waals surface area contributed by atoms with Gasteiger partial charge in [0.05, 0.1) is 30.2 Å². The second-order valence-corrected chi connectivity index (χ2v) is 12.7. The predicted molar refractivity (Wildman–Crippen MR) is 186 cm³/mol. The molecular formula is C39H43ClN4. The van der Waals surface area contributed by atoms with Crippen molar-refractivity contribution >= 4 is 17.3 Å². The van der Waals surface area contributed by atoms with Gasteiger partial charge in [0.1, 0.15) is 0 Å².